The Bertz CT molecular complexity index is 518. The molecule has 2 unspecified atom stereocenters. The van der Waals surface area contributed by atoms with E-state index in [0.29, 0.717) is 12.1 Å². The molecular formula is C18H30N4O2. The van der Waals surface area contributed by atoms with Crippen molar-refractivity contribution in [3.8, 4) is 5.75 Å². The third-order valence-corrected chi connectivity index (χ3v) is 4.39. The summed E-state index contributed by atoms with van der Waals surface area (Å²) >= 11 is 0. The smallest absolute Gasteiger partial charge is 0.191 e. The molecule has 1 aromatic carbocycles. The fourth-order valence-corrected chi connectivity index (χ4v) is 2.91. The summed E-state index contributed by atoms with van der Waals surface area (Å²) in [6.45, 7) is 8.66. The van der Waals surface area contributed by atoms with Crippen molar-refractivity contribution in [1.29, 1.82) is 0 Å². The number of hydrogen-bond donors (Lipinski definition) is 2. The summed E-state index contributed by atoms with van der Waals surface area (Å²) in [5, 5.41) is 6.76. The first kappa shape index (κ1) is 18.5. The summed E-state index contributed by atoms with van der Waals surface area (Å²) in [7, 11) is 3.47. The molecule has 2 atom stereocenters. The first-order chi connectivity index (χ1) is 11.6. The number of rotatable bonds is 6. The molecule has 0 spiro atoms. The molecule has 1 fully saturated rings. The summed E-state index contributed by atoms with van der Waals surface area (Å²) in [6, 6.07) is 8.94. The van der Waals surface area contributed by atoms with Crippen molar-refractivity contribution in [2.75, 3.05) is 40.5 Å². The minimum Gasteiger partial charge on any atom is -0.497 e. The number of hydrogen-bond acceptors (Lipinski definition) is 4. The van der Waals surface area contributed by atoms with Gasteiger partial charge in [0.2, 0.25) is 0 Å². The maximum absolute atomic E-state index is 5.51. The molecule has 0 bridgehead atoms. The number of benzene rings is 1. The molecule has 0 radical (unpaired) electrons. The lowest BCUT2D eigenvalue weighted by molar-refractivity contribution is -0.0174. The zero-order valence-corrected chi connectivity index (χ0v) is 15.2. The van der Waals surface area contributed by atoms with Crippen LogP contribution in [0.5, 0.6) is 5.75 Å². The minimum atomic E-state index is 0.434. The van der Waals surface area contributed by atoms with E-state index in [1.54, 1.807) is 14.2 Å². The molecule has 0 amide bonds. The number of nitrogens with zero attached hydrogens (tertiary/aromatic N) is 2. The van der Waals surface area contributed by atoms with E-state index in [0.717, 1.165) is 44.6 Å². The molecule has 134 valence electrons. The largest absolute Gasteiger partial charge is 0.497 e. The quantitative estimate of drug-likeness (QED) is 0.609. The maximum atomic E-state index is 5.51. The Morgan fingerprint density at radius 3 is 2.75 bits per heavy atom. The van der Waals surface area contributed by atoms with Crippen molar-refractivity contribution >= 4 is 5.96 Å². The van der Waals surface area contributed by atoms with Crippen LogP contribution in [0.25, 0.3) is 0 Å². The normalized spacial score (nSPS) is 20.5. The Kier molecular flexibility index (Phi) is 7.34. The summed E-state index contributed by atoms with van der Waals surface area (Å²) in [5.41, 5.74) is 1.19. The average molecular weight is 334 g/mol. The van der Waals surface area contributed by atoms with Gasteiger partial charge in [0.05, 0.1) is 20.3 Å². The van der Waals surface area contributed by atoms with Gasteiger partial charge in [-0.2, -0.15) is 0 Å². The van der Waals surface area contributed by atoms with Gasteiger partial charge in [-0.05, 0) is 31.5 Å². The molecule has 1 aromatic rings. The second-order valence-electron chi connectivity index (χ2n) is 6.17. The van der Waals surface area contributed by atoms with E-state index >= 15 is 0 Å². The molecule has 0 saturated carbocycles. The van der Waals surface area contributed by atoms with Gasteiger partial charge in [0.15, 0.2) is 5.96 Å². The molecule has 1 saturated heterocycles. The second-order valence-corrected chi connectivity index (χ2v) is 6.17. The molecule has 0 aliphatic carbocycles. The van der Waals surface area contributed by atoms with Crippen LogP contribution in [-0.4, -0.2) is 63.4 Å². The van der Waals surface area contributed by atoms with E-state index in [1.807, 2.05) is 12.1 Å². The molecule has 1 heterocycles. The molecule has 1 aliphatic heterocycles. The summed E-state index contributed by atoms with van der Waals surface area (Å²) in [4.78, 5) is 6.78. The van der Waals surface area contributed by atoms with Crippen molar-refractivity contribution < 1.29 is 9.47 Å². The fraction of sp³-hybridized carbons (Fsp3) is 0.611. The third kappa shape index (κ3) is 5.39. The Morgan fingerprint density at radius 1 is 1.38 bits per heavy atom. The highest BCUT2D eigenvalue weighted by molar-refractivity contribution is 5.79. The summed E-state index contributed by atoms with van der Waals surface area (Å²) < 4.78 is 10.7. The van der Waals surface area contributed by atoms with Gasteiger partial charge in [-0.15, -0.1) is 0 Å². The highest BCUT2D eigenvalue weighted by Gasteiger charge is 2.23. The van der Waals surface area contributed by atoms with Crippen molar-refractivity contribution in [2.45, 2.75) is 32.5 Å². The molecular weight excluding hydrogens is 304 g/mol. The molecule has 24 heavy (non-hydrogen) atoms. The standard InChI is InChI=1S/C18H30N4O2/c1-14(22-9-10-24-13-15(22)2)11-20-18(19-3)21-12-16-5-7-17(23-4)8-6-16/h5-8,14-15H,9-13H2,1-4H3,(H2,19,20,21). The predicted molar refractivity (Wildman–Crippen MR) is 97.6 cm³/mol. The number of morpholine rings is 1. The highest BCUT2D eigenvalue weighted by atomic mass is 16.5. The lowest BCUT2D eigenvalue weighted by Crippen LogP contribution is -2.52. The number of nitrogens with one attached hydrogen (secondary N) is 2. The van der Waals surface area contributed by atoms with Gasteiger partial charge < -0.3 is 20.1 Å². The van der Waals surface area contributed by atoms with E-state index in [9.17, 15) is 0 Å². The highest BCUT2D eigenvalue weighted by Crippen LogP contribution is 2.11. The average Bonchev–Trinajstić information content (AvgIpc) is 2.62. The van der Waals surface area contributed by atoms with Crippen molar-refractivity contribution in [2.24, 2.45) is 4.99 Å². The van der Waals surface area contributed by atoms with Crippen molar-refractivity contribution in [3.05, 3.63) is 29.8 Å². The number of methoxy groups -OCH3 is 1. The van der Waals surface area contributed by atoms with Crippen LogP contribution in [0.4, 0.5) is 0 Å². The van der Waals surface area contributed by atoms with Crippen LogP contribution < -0.4 is 15.4 Å². The number of aliphatic imine (C=N–C) groups is 1. The molecule has 2 N–H and O–H groups in total. The zero-order chi connectivity index (χ0) is 17.4. The molecule has 6 nitrogen and oxygen atoms in total. The first-order valence-electron chi connectivity index (χ1n) is 8.55. The Morgan fingerprint density at radius 2 is 2.12 bits per heavy atom. The molecule has 6 heteroatoms. The maximum Gasteiger partial charge on any atom is 0.191 e. The van der Waals surface area contributed by atoms with Crippen molar-refractivity contribution in [1.82, 2.24) is 15.5 Å². The Balaban J connectivity index is 1.77. The monoisotopic (exact) mass is 334 g/mol. The van der Waals surface area contributed by atoms with Gasteiger partial charge in [0.25, 0.3) is 0 Å². The predicted octanol–water partition coefficient (Wildman–Crippen LogP) is 1.47. The Hall–Kier alpha value is -1.79. The fourth-order valence-electron chi connectivity index (χ4n) is 2.91. The van der Waals surface area contributed by atoms with Gasteiger partial charge in [0, 0.05) is 38.8 Å². The van der Waals surface area contributed by atoms with E-state index < -0.39 is 0 Å². The van der Waals surface area contributed by atoms with Gasteiger partial charge in [0.1, 0.15) is 5.75 Å². The SMILES string of the molecule is CN=C(NCc1ccc(OC)cc1)NCC(C)N1CCOCC1C. The summed E-state index contributed by atoms with van der Waals surface area (Å²) in [5.74, 6) is 1.69. The van der Waals surface area contributed by atoms with Crippen molar-refractivity contribution in [3.63, 3.8) is 0 Å². The van der Waals surface area contributed by atoms with E-state index in [1.165, 1.54) is 5.56 Å². The van der Waals surface area contributed by atoms with Crippen LogP contribution >= 0.6 is 0 Å². The zero-order valence-electron chi connectivity index (χ0n) is 15.2. The number of ether oxygens (including phenoxy) is 2. The van der Waals surface area contributed by atoms with Gasteiger partial charge in [-0.25, -0.2) is 0 Å². The van der Waals surface area contributed by atoms with Crippen LogP contribution in [0.1, 0.15) is 19.4 Å². The Labute approximate surface area is 145 Å². The molecule has 1 aliphatic rings. The van der Waals surface area contributed by atoms with Crippen LogP contribution in [0.15, 0.2) is 29.3 Å². The van der Waals surface area contributed by atoms with E-state index in [-0.39, 0.29) is 0 Å². The lowest BCUT2D eigenvalue weighted by Gasteiger charge is -2.38. The van der Waals surface area contributed by atoms with Crippen LogP contribution in [-0.2, 0) is 11.3 Å². The minimum absolute atomic E-state index is 0.434. The third-order valence-electron chi connectivity index (χ3n) is 4.39. The number of guanidine groups is 1. The lowest BCUT2D eigenvalue weighted by atomic mass is 10.2. The molecule has 0 aromatic heterocycles. The van der Waals surface area contributed by atoms with Gasteiger partial charge in [-0.3, -0.25) is 9.89 Å². The second kappa shape index (κ2) is 9.49. The topological polar surface area (TPSA) is 58.1 Å². The van der Waals surface area contributed by atoms with Crippen LogP contribution in [0.2, 0.25) is 0 Å². The van der Waals surface area contributed by atoms with Crippen LogP contribution in [0, 0.1) is 0 Å². The first-order valence-corrected chi connectivity index (χ1v) is 8.55. The van der Waals surface area contributed by atoms with Crippen LogP contribution in [0.3, 0.4) is 0 Å². The molecule has 2 rings (SSSR count). The summed E-state index contributed by atoms with van der Waals surface area (Å²) in [6.07, 6.45) is 0. The van der Waals surface area contributed by atoms with Gasteiger partial charge in [-0.1, -0.05) is 12.1 Å². The van der Waals surface area contributed by atoms with E-state index in [4.69, 9.17) is 9.47 Å². The van der Waals surface area contributed by atoms with Gasteiger partial charge >= 0.3 is 0 Å². The van der Waals surface area contributed by atoms with E-state index in [2.05, 4.69) is 46.5 Å².